The first-order valence-electron chi connectivity index (χ1n) is 9.98. The number of hydrogen-bond donors (Lipinski definition) is 1. The molecule has 1 aliphatic carbocycles. The zero-order valence-corrected chi connectivity index (χ0v) is 18.6. The maximum atomic E-state index is 10.9. The fourth-order valence-electron chi connectivity index (χ4n) is 4.19. The molecule has 1 aromatic carbocycles. The Labute approximate surface area is 184 Å². The van der Waals surface area contributed by atoms with Crippen molar-refractivity contribution in [2.45, 2.75) is 38.2 Å². The first-order valence-corrected chi connectivity index (χ1v) is 11.3. The van der Waals surface area contributed by atoms with Crippen molar-refractivity contribution in [3.8, 4) is 22.2 Å². The summed E-state index contributed by atoms with van der Waals surface area (Å²) in [5.41, 5.74) is 1.75. The topological polar surface area (TPSA) is 64.7 Å². The molecule has 5 rings (SSSR count). The molecule has 7 nitrogen and oxygen atoms in total. The number of ether oxygens (including phenoxy) is 2. The number of aliphatic hydroxyl groups excluding tert-OH is 1. The van der Waals surface area contributed by atoms with Crippen LogP contribution in [-0.4, -0.2) is 45.1 Å². The first kappa shape index (κ1) is 19.7. The Kier molecular flexibility index (Phi) is 5.14. The van der Waals surface area contributed by atoms with Crippen molar-refractivity contribution >= 4 is 23.6 Å². The van der Waals surface area contributed by atoms with E-state index in [1.165, 1.54) is 0 Å². The van der Waals surface area contributed by atoms with Crippen LogP contribution in [0.1, 0.15) is 36.1 Å². The Morgan fingerprint density at radius 2 is 1.97 bits per heavy atom. The van der Waals surface area contributed by atoms with Crippen LogP contribution >= 0.6 is 23.6 Å². The van der Waals surface area contributed by atoms with E-state index < -0.39 is 6.10 Å². The summed E-state index contributed by atoms with van der Waals surface area (Å²) in [5.74, 6) is 2.38. The molecule has 1 saturated carbocycles. The predicted octanol–water partition coefficient (Wildman–Crippen LogP) is 4.00. The van der Waals surface area contributed by atoms with Gasteiger partial charge in [0.2, 0.25) is 0 Å². The molecule has 1 fully saturated rings. The molecule has 0 radical (unpaired) electrons. The molecule has 1 atom stereocenters. The molecule has 1 unspecified atom stereocenters. The van der Waals surface area contributed by atoms with Crippen molar-refractivity contribution in [1.29, 1.82) is 0 Å². The van der Waals surface area contributed by atoms with Crippen LogP contribution in [-0.2, 0) is 13.2 Å². The summed E-state index contributed by atoms with van der Waals surface area (Å²) in [4.78, 5) is 3.27. The van der Waals surface area contributed by atoms with Crippen molar-refractivity contribution in [3.05, 3.63) is 45.5 Å². The lowest BCUT2D eigenvalue weighted by molar-refractivity contribution is 0.0669. The molecule has 9 heteroatoms. The van der Waals surface area contributed by atoms with Gasteiger partial charge in [-0.1, -0.05) is 6.07 Å². The van der Waals surface area contributed by atoms with Gasteiger partial charge in [-0.2, -0.15) is 0 Å². The van der Waals surface area contributed by atoms with E-state index in [0.717, 1.165) is 45.2 Å². The molecule has 0 bridgehead atoms. The average molecular weight is 445 g/mol. The van der Waals surface area contributed by atoms with Gasteiger partial charge in [0, 0.05) is 30.3 Å². The van der Waals surface area contributed by atoms with E-state index in [1.807, 2.05) is 22.9 Å². The number of aliphatic hydroxyl groups is 1. The van der Waals surface area contributed by atoms with E-state index in [1.54, 1.807) is 25.6 Å². The van der Waals surface area contributed by atoms with Crippen LogP contribution in [0.5, 0.6) is 11.5 Å². The lowest BCUT2D eigenvalue weighted by Crippen LogP contribution is -2.36. The largest absolute Gasteiger partial charge is 0.496 e. The quantitative estimate of drug-likeness (QED) is 0.580. The Morgan fingerprint density at radius 1 is 1.20 bits per heavy atom. The summed E-state index contributed by atoms with van der Waals surface area (Å²) < 4.78 is 15.8. The molecule has 1 aliphatic heterocycles. The third-order valence-corrected chi connectivity index (χ3v) is 6.99. The normalized spacial score (nSPS) is 19.0. The second kappa shape index (κ2) is 7.81. The highest BCUT2D eigenvalue weighted by Gasteiger charge is 2.32. The van der Waals surface area contributed by atoms with Crippen LogP contribution in [0.15, 0.2) is 29.6 Å². The molecule has 30 heavy (non-hydrogen) atoms. The van der Waals surface area contributed by atoms with Gasteiger partial charge in [-0.3, -0.25) is 9.47 Å². The zero-order valence-electron chi connectivity index (χ0n) is 16.9. The Bertz CT molecular complexity index is 1120. The summed E-state index contributed by atoms with van der Waals surface area (Å²) in [6, 6.07) is 8.30. The highest BCUT2D eigenvalue weighted by molar-refractivity contribution is 7.71. The first-order chi connectivity index (χ1) is 14.6. The third-order valence-electron chi connectivity index (χ3n) is 5.72. The van der Waals surface area contributed by atoms with Gasteiger partial charge in [0.25, 0.3) is 0 Å². The Balaban J connectivity index is 1.48. The monoisotopic (exact) mass is 444 g/mol. The molecule has 2 aromatic heterocycles. The van der Waals surface area contributed by atoms with E-state index in [9.17, 15) is 5.11 Å². The number of nitrogens with zero attached hydrogens (tertiary/aromatic N) is 4. The Morgan fingerprint density at radius 3 is 2.63 bits per heavy atom. The molecule has 1 N–H and O–H groups in total. The fraction of sp³-hybridized carbons (Fsp3) is 0.429. The van der Waals surface area contributed by atoms with Crippen LogP contribution < -0.4 is 9.47 Å². The van der Waals surface area contributed by atoms with E-state index >= 15 is 0 Å². The van der Waals surface area contributed by atoms with Gasteiger partial charge in [-0.15, -0.1) is 16.4 Å². The van der Waals surface area contributed by atoms with Gasteiger partial charge >= 0.3 is 0 Å². The number of hydrogen-bond acceptors (Lipinski definition) is 7. The summed E-state index contributed by atoms with van der Waals surface area (Å²) >= 11 is 7.48. The van der Waals surface area contributed by atoms with Crippen LogP contribution in [0.4, 0.5) is 0 Å². The van der Waals surface area contributed by atoms with Crippen LogP contribution in [0, 0.1) is 4.77 Å². The standard InChI is InChI=1S/C21H24N4O3S2/c1-27-16-7-8-17(28-2)19-14(16)10-23(11-15(19)26)12-24-21(29)25(13-5-6-13)20(22-24)18-4-3-9-30-18/h3-4,7-9,13,15,26H,5-6,10-12H2,1-2H3. The summed E-state index contributed by atoms with van der Waals surface area (Å²) in [5, 5.41) is 17.8. The lowest BCUT2D eigenvalue weighted by atomic mass is 9.95. The maximum Gasteiger partial charge on any atom is 0.199 e. The van der Waals surface area contributed by atoms with Gasteiger partial charge in [0.1, 0.15) is 11.5 Å². The van der Waals surface area contributed by atoms with Crippen molar-refractivity contribution in [2.24, 2.45) is 0 Å². The van der Waals surface area contributed by atoms with Crippen molar-refractivity contribution < 1.29 is 14.6 Å². The summed E-state index contributed by atoms with van der Waals surface area (Å²) in [7, 11) is 3.27. The lowest BCUT2D eigenvalue weighted by Gasteiger charge is -2.33. The predicted molar refractivity (Wildman–Crippen MR) is 118 cm³/mol. The van der Waals surface area contributed by atoms with Gasteiger partial charge in [0.15, 0.2) is 10.6 Å². The number of β-amino-alcohol motifs (C(OH)–C–C–N with tert-alkyl or cyclic N) is 1. The maximum absolute atomic E-state index is 10.9. The molecular weight excluding hydrogens is 420 g/mol. The van der Waals surface area contributed by atoms with Gasteiger partial charge in [-0.05, 0) is 48.6 Å². The SMILES string of the molecule is COc1ccc(OC)c2c1CN(Cn1nc(-c3cccs3)n(C3CC3)c1=S)CC2O. The van der Waals surface area contributed by atoms with Crippen LogP contribution in [0.2, 0.25) is 0 Å². The minimum absolute atomic E-state index is 0.445. The molecular formula is C21H24N4O3S2. The average Bonchev–Trinajstić information content (AvgIpc) is 3.32. The number of benzene rings is 1. The number of fused-ring (bicyclic) bond motifs is 1. The minimum Gasteiger partial charge on any atom is -0.496 e. The third kappa shape index (κ3) is 3.35. The van der Waals surface area contributed by atoms with Gasteiger partial charge < -0.3 is 14.6 Å². The molecule has 3 heterocycles. The zero-order chi connectivity index (χ0) is 20.8. The van der Waals surface area contributed by atoms with Crippen LogP contribution in [0.25, 0.3) is 10.7 Å². The van der Waals surface area contributed by atoms with E-state index in [4.69, 9.17) is 26.8 Å². The van der Waals surface area contributed by atoms with E-state index in [0.29, 0.717) is 31.5 Å². The van der Waals surface area contributed by atoms with Crippen molar-refractivity contribution in [3.63, 3.8) is 0 Å². The number of aromatic nitrogens is 3. The number of methoxy groups -OCH3 is 2. The van der Waals surface area contributed by atoms with E-state index in [2.05, 4.69) is 20.9 Å². The number of thiophene rings is 1. The van der Waals surface area contributed by atoms with E-state index in [-0.39, 0.29) is 0 Å². The molecule has 0 spiro atoms. The minimum atomic E-state index is -0.671. The molecule has 0 amide bonds. The highest BCUT2D eigenvalue weighted by Crippen LogP contribution is 2.41. The summed E-state index contributed by atoms with van der Waals surface area (Å²) in [6.45, 7) is 1.61. The molecule has 2 aliphatic rings. The van der Waals surface area contributed by atoms with Crippen molar-refractivity contribution in [2.75, 3.05) is 20.8 Å². The second-order valence-electron chi connectivity index (χ2n) is 7.72. The smallest absolute Gasteiger partial charge is 0.199 e. The summed E-state index contributed by atoms with van der Waals surface area (Å²) in [6.07, 6.45) is 1.62. The molecule has 158 valence electrons. The van der Waals surface area contributed by atoms with Crippen molar-refractivity contribution in [1.82, 2.24) is 19.2 Å². The van der Waals surface area contributed by atoms with Crippen LogP contribution in [0.3, 0.4) is 0 Å². The van der Waals surface area contributed by atoms with Gasteiger partial charge in [0.05, 0.1) is 31.9 Å². The number of rotatable bonds is 6. The fourth-order valence-corrected chi connectivity index (χ4v) is 5.23. The van der Waals surface area contributed by atoms with Gasteiger partial charge in [-0.25, -0.2) is 4.68 Å². The second-order valence-corrected chi connectivity index (χ2v) is 9.03. The highest BCUT2D eigenvalue weighted by atomic mass is 32.1. The molecule has 0 saturated heterocycles. The molecule has 3 aromatic rings. The Hall–Kier alpha value is -2.20.